The molecule has 0 amide bonds. The molecule has 0 saturated heterocycles. The Hall–Kier alpha value is -2.01. The van der Waals surface area contributed by atoms with Crippen LogP contribution in [0.5, 0.6) is 0 Å². The van der Waals surface area contributed by atoms with Gasteiger partial charge in [-0.05, 0) is 29.8 Å². The summed E-state index contributed by atoms with van der Waals surface area (Å²) in [6.07, 6.45) is 3.23. The lowest BCUT2D eigenvalue weighted by atomic mass is 10.1. The zero-order chi connectivity index (χ0) is 9.10. The SMILES string of the molecule is N#Cc1cc[c]c(-c2ccoc2)c1. The van der Waals surface area contributed by atoms with E-state index in [9.17, 15) is 0 Å². The Kier molecular flexibility index (Phi) is 1.85. The van der Waals surface area contributed by atoms with Gasteiger partial charge in [-0.25, -0.2) is 0 Å². The van der Waals surface area contributed by atoms with Crippen LogP contribution >= 0.6 is 0 Å². The maximum atomic E-state index is 8.67. The predicted molar refractivity (Wildman–Crippen MR) is 47.7 cm³/mol. The third kappa shape index (κ3) is 1.45. The molecule has 0 aliphatic heterocycles. The molecule has 2 aromatic rings. The molecule has 0 fully saturated rings. The van der Waals surface area contributed by atoms with Gasteiger partial charge < -0.3 is 4.42 Å². The van der Waals surface area contributed by atoms with Gasteiger partial charge in [0, 0.05) is 5.56 Å². The standard InChI is InChI=1S/C11H6NO/c12-7-9-2-1-3-10(6-9)11-4-5-13-8-11/h1-2,4-6,8H. The lowest BCUT2D eigenvalue weighted by Crippen LogP contribution is -1.77. The van der Waals surface area contributed by atoms with Crippen LogP contribution in [0.1, 0.15) is 5.56 Å². The van der Waals surface area contributed by atoms with E-state index >= 15 is 0 Å². The Bertz CT molecular complexity index is 437. The third-order valence-electron chi connectivity index (χ3n) is 1.76. The number of nitriles is 1. The van der Waals surface area contributed by atoms with Gasteiger partial charge >= 0.3 is 0 Å². The Morgan fingerprint density at radius 1 is 1.38 bits per heavy atom. The van der Waals surface area contributed by atoms with Gasteiger partial charge in [-0.15, -0.1) is 0 Å². The maximum absolute atomic E-state index is 8.67. The van der Waals surface area contributed by atoms with Crippen LogP contribution in [0.2, 0.25) is 0 Å². The Labute approximate surface area is 76.0 Å². The Balaban J connectivity index is 2.49. The molecule has 1 aromatic carbocycles. The minimum Gasteiger partial charge on any atom is -0.472 e. The zero-order valence-corrected chi connectivity index (χ0v) is 6.82. The second-order valence-corrected chi connectivity index (χ2v) is 2.61. The van der Waals surface area contributed by atoms with Crippen molar-refractivity contribution in [1.82, 2.24) is 0 Å². The third-order valence-corrected chi connectivity index (χ3v) is 1.76. The Morgan fingerprint density at radius 2 is 2.31 bits per heavy atom. The molecular formula is C11H6NO. The van der Waals surface area contributed by atoms with Crippen molar-refractivity contribution in [3.63, 3.8) is 0 Å². The van der Waals surface area contributed by atoms with Crippen molar-refractivity contribution in [3.05, 3.63) is 48.4 Å². The molecule has 2 rings (SSSR count). The van der Waals surface area contributed by atoms with Crippen LogP contribution in [0.4, 0.5) is 0 Å². The molecule has 2 nitrogen and oxygen atoms in total. The van der Waals surface area contributed by atoms with Crippen molar-refractivity contribution in [1.29, 1.82) is 5.26 Å². The summed E-state index contributed by atoms with van der Waals surface area (Å²) in [7, 11) is 0. The number of hydrogen-bond donors (Lipinski definition) is 0. The minimum absolute atomic E-state index is 0.634. The monoisotopic (exact) mass is 168 g/mol. The van der Waals surface area contributed by atoms with Crippen molar-refractivity contribution in [2.45, 2.75) is 0 Å². The van der Waals surface area contributed by atoms with E-state index in [1.165, 1.54) is 0 Å². The molecule has 0 aliphatic carbocycles. The highest BCUT2D eigenvalue weighted by molar-refractivity contribution is 5.63. The number of hydrogen-bond acceptors (Lipinski definition) is 2. The van der Waals surface area contributed by atoms with E-state index in [1.54, 1.807) is 30.7 Å². The van der Waals surface area contributed by atoms with E-state index in [0.717, 1.165) is 11.1 Å². The van der Waals surface area contributed by atoms with E-state index in [1.807, 2.05) is 6.07 Å². The predicted octanol–water partition coefficient (Wildman–Crippen LogP) is 2.62. The minimum atomic E-state index is 0.634. The van der Waals surface area contributed by atoms with Crippen LogP contribution in [0.15, 0.2) is 41.2 Å². The van der Waals surface area contributed by atoms with Crippen molar-refractivity contribution >= 4 is 0 Å². The first-order valence-corrected chi connectivity index (χ1v) is 3.84. The average molecular weight is 168 g/mol. The molecule has 1 radical (unpaired) electrons. The summed E-state index contributed by atoms with van der Waals surface area (Å²) < 4.78 is 4.94. The van der Waals surface area contributed by atoms with Crippen molar-refractivity contribution in [3.8, 4) is 17.2 Å². The molecule has 2 heteroatoms. The normalized spacial score (nSPS) is 9.46. The van der Waals surface area contributed by atoms with E-state index < -0.39 is 0 Å². The van der Waals surface area contributed by atoms with Crippen LogP contribution in [-0.2, 0) is 0 Å². The largest absolute Gasteiger partial charge is 0.472 e. The van der Waals surface area contributed by atoms with E-state index in [-0.39, 0.29) is 0 Å². The molecule has 13 heavy (non-hydrogen) atoms. The molecule has 0 unspecified atom stereocenters. The van der Waals surface area contributed by atoms with E-state index in [2.05, 4.69) is 12.1 Å². The lowest BCUT2D eigenvalue weighted by Gasteiger charge is -1.94. The molecule has 0 saturated carbocycles. The quantitative estimate of drug-likeness (QED) is 0.656. The van der Waals surface area contributed by atoms with Gasteiger partial charge in [0.05, 0.1) is 24.2 Å². The van der Waals surface area contributed by atoms with Gasteiger partial charge in [0.2, 0.25) is 0 Å². The van der Waals surface area contributed by atoms with Crippen LogP contribution in [0.25, 0.3) is 11.1 Å². The number of benzene rings is 1. The second-order valence-electron chi connectivity index (χ2n) is 2.61. The van der Waals surface area contributed by atoms with Crippen LogP contribution in [0, 0.1) is 17.4 Å². The van der Waals surface area contributed by atoms with Crippen LogP contribution in [0.3, 0.4) is 0 Å². The molecule has 1 aromatic heterocycles. The highest BCUT2D eigenvalue weighted by atomic mass is 16.3. The fraction of sp³-hybridized carbons (Fsp3) is 0. The van der Waals surface area contributed by atoms with Gasteiger partial charge in [-0.1, -0.05) is 6.07 Å². The molecule has 0 atom stereocenters. The summed E-state index contributed by atoms with van der Waals surface area (Å²) in [5, 5.41) is 8.67. The van der Waals surface area contributed by atoms with Crippen molar-refractivity contribution in [2.75, 3.05) is 0 Å². The molecule has 0 spiro atoms. The van der Waals surface area contributed by atoms with Gasteiger partial charge in [-0.3, -0.25) is 0 Å². The molecule has 0 bridgehead atoms. The topological polar surface area (TPSA) is 36.9 Å². The van der Waals surface area contributed by atoms with E-state index in [0.29, 0.717) is 5.56 Å². The van der Waals surface area contributed by atoms with Gasteiger partial charge in [0.15, 0.2) is 0 Å². The highest BCUT2D eigenvalue weighted by Crippen LogP contribution is 2.19. The summed E-state index contributed by atoms with van der Waals surface area (Å²) >= 11 is 0. The van der Waals surface area contributed by atoms with Crippen LogP contribution in [-0.4, -0.2) is 0 Å². The molecule has 0 aliphatic rings. The zero-order valence-electron chi connectivity index (χ0n) is 6.82. The fourth-order valence-corrected chi connectivity index (χ4v) is 1.12. The first kappa shape index (κ1) is 7.63. The maximum Gasteiger partial charge on any atom is 0.0991 e. The van der Waals surface area contributed by atoms with Gasteiger partial charge in [0.25, 0.3) is 0 Å². The number of nitrogens with zero attached hydrogens (tertiary/aromatic N) is 1. The number of rotatable bonds is 1. The van der Waals surface area contributed by atoms with Gasteiger partial charge in [-0.2, -0.15) is 5.26 Å². The number of furan rings is 1. The summed E-state index contributed by atoms with van der Waals surface area (Å²) in [6, 6.07) is 12.2. The highest BCUT2D eigenvalue weighted by Gasteiger charge is 1.99. The first-order chi connectivity index (χ1) is 6.40. The van der Waals surface area contributed by atoms with Gasteiger partial charge in [0.1, 0.15) is 0 Å². The van der Waals surface area contributed by atoms with E-state index in [4.69, 9.17) is 9.68 Å². The molecule has 1 heterocycles. The molecule has 0 N–H and O–H groups in total. The second kappa shape index (κ2) is 3.16. The van der Waals surface area contributed by atoms with Crippen LogP contribution < -0.4 is 0 Å². The molecule has 61 valence electrons. The molecular weight excluding hydrogens is 162 g/mol. The van der Waals surface area contributed by atoms with Crippen molar-refractivity contribution < 1.29 is 4.42 Å². The average Bonchev–Trinajstić information content (AvgIpc) is 2.71. The summed E-state index contributed by atoms with van der Waals surface area (Å²) in [4.78, 5) is 0. The fourth-order valence-electron chi connectivity index (χ4n) is 1.12. The summed E-state index contributed by atoms with van der Waals surface area (Å²) in [5.74, 6) is 0. The smallest absolute Gasteiger partial charge is 0.0991 e. The van der Waals surface area contributed by atoms with Crippen molar-refractivity contribution in [2.24, 2.45) is 0 Å². The summed E-state index contributed by atoms with van der Waals surface area (Å²) in [6.45, 7) is 0. The Morgan fingerprint density at radius 3 is 3.00 bits per heavy atom. The lowest BCUT2D eigenvalue weighted by molar-refractivity contribution is 0.568. The summed E-state index contributed by atoms with van der Waals surface area (Å²) in [5.41, 5.74) is 2.46. The first-order valence-electron chi connectivity index (χ1n) is 3.84.